The highest BCUT2D eigenvalue weighted by atomic mass is 127. The molecule has 0 amide bonds. The van der Waals surface area contributed by atoms with Crippen LogP contribution in [0.4, 0.5) is 0 Å². The first-order valence-corrected chi connectivity index (χ1v) is 12.4. The summed E-state index contributed by atoms with van der Waals surface area (Å²) in [6.07, 6.45) is 3.89. The lowest BCUT2D eigenvalue weighted by atomic mass is 10.0. The van der Waals surface area contributed by atoms with Crippen LogP contribution in [0.2, 0.25) is 0 Å². The van der Waals surface area contributed by atoms with Gasteiger partial charge in [0.25, 0.3) is 0 Å². The number of hydrogen-bond acceptors (Lipinski definition) is 5. The molecule has 168 valence electrons. The summed E-state index contributed by atoms with van der Waals surface area (Å²) in [5, 5.41) is 0. The molecule has 0 aliphatic carbocycles. The number of pyridine rings is 1. The van der Waals surface area contributed by atoms with Gasteiger partial charge in [-0.15, -0.1) is 23.1 Å². The maximum absolute atomic E-state index is 13.5. The van der Waals surface area contributed by atoms with Crippen LogP contribution in [-0.2, 0) is 16.0 Å². The van der Waals surface area contributed by atoms with Crippen molar-refractivity contribution in [3.05, 3.63) is 87.5 Å². The molecular weight excluding hydrogens is 621 g/mol. The van der Waals surface area contributed by atoms with E-state index in [1.807, 2.05) is 54.2 Å². The van der Waals surface area contributed by atoms with Crippen molar-refractivity contribution in [2.24, 2.45) is 0 Å². The fourth-order valence-electron chi connectivity index (χ4n) is 2.97. The lowest BCUT2D eigenvalue weighted by Gasteiger charge is -2.05. The van der Waals surface area contributed by atoms with Gasteiger partial charge in [0, 0.05) is 27.9 Å². The SMILES string of the molecule is C=C(C)CSc1sc(C(=O)c2ccc(Br)cc2)c(CC(=O)OCC)c1-[n+]1ccccc1.[I-]. The second-order valence-electron chi connectivity index (χ2n) is 6.89. The van der Waals surface area contributed by atoms with Gasteiger partial charge in [-0.05, 0) is 38.1 Å². The normalized spacial score (nSPS) is 10.3. The van der Waals surface area contributed by atoms with E-state index in [9.17, 15) is 9.59 Å². The second kappa shape index (κ2) is 12.7. The van der Waals surface area contributed by atoms with E-state index in [1.165, 1.54) is 11.3 Å². The van der Waals surface area contributed by atoms with Crippen molar-refractivity contribution in [2.75, 3.05) is 12.4 Å². The molecule has 0 spiro atoms. The van der Waals surface area contributed by atoms with Gasteiger partial charge in [0.15, 0.2) is 12.4 Å². The third-order valence-electron chi connectivity index (χ3n) is 4.31. The van der Waals surface area contributed by atoms with Crippen LogP contribution in [0.15, 0.2) is 75.7 Å². The Bertz CT molecular complexity index is 1100. The third kappa shape index (κ3) is 6.76. The van der Waals surface area contributed by atoms with Crippen molar-refractivity contribution < 1.29 is 42.9 Å². The molecule has 0 N–H and O–H groups in total. The molecule has 0 fully saturated rings. The quantitative estimate of drug-likeness (QED) is 0.0899. The number of aromatic nitrogens is 1. The minimum absolute atomic E-state index is 0. The van der Waals surface area contributed by atoms with Crippen LogP contribution >= 0.6 is 39.0 Å². The molecule has 0 saturated heterocycles. The molecule has 2 heterocycles. The molecule has 8 heteroatoms. The number of thiophene rings is 1. The molecule has 2 aromatic heterocycles. The van der Waals surface area contributed by atoms with Gasteiger partial charge >= 0.3 is 5.97 Å². The zero-order valence-corrected chi connectivity index (χ0v) is 23.1. The van der Waals surface area contributed by atoms with E-state index in [0.29, 0.717) is 22.6 Å². The number of ether oxygens (including phenoxy) is 1. The number of nitrogens with zero attached hydrogens (tertiary/aromatic N) is 1. The van der Waals surface area contributed by atoms with E-state index in [2.05, 4.69) is 22.5 Å². The van der Waals surface area contributed by atoms with Crippen LogP contribution in [0.3, 0.4) is 0 Å². The Balaban J connectivity index is 0.00000363. The smallest absolute Gasteiger partial charge is 0.310 e. The number of thioether (sulfide) groups is 1. The van der Waals surface area contributed by atoms with E-state index in [-0.39, 0.29) is 42.2 Å². The predicted molar refractivity (Wildman–Crippen MR) is 129 cm³/mol. The zero-order valence-electron chi connectivity index (χ0n) is 17.8. The Morgan fingerprint density at radius 2 is 1.81 bits per heavy atom. The Labute approximate surface area is 222 Å². The summed E-state index contributed by atoms with van der Waals surface area (Å²) in [5.41, 5.74) is 3.16. The van der Waals surface area contributed by atoms with Crippen LogP contribution in [-0.4, -0.2) is 24.1 Å². The number of hydrogen-bond donors (Lipinski definition) is 0. The highest BCUT2D eigenvalue weighted by molar-refractivity contribution is 9.10. The average Bonchev–Trinajstić information content (AvgIpc) is 3.11. The van der Waals surface area contributed by atoms with Crippen molar-refractivity contribution in [1.82, 2.24) is 0 Å². The van der Waals surface area contributed by atoms with Gasteiger partial charge in [0.2, 0.25) is 11.5 Å². The third-order valence-corrected chi connectivity index (χ3v) is 7.55. The van der Waals surface area contributed by atoms with Crippen molar-refractivity contribution in [1.29, 1.82) is 0 Å². The Morgan fingerprint density at radius 3 is 2.41 bits per heavy atom. The summed E-state index contributed by atoms with van der Waals surface area (Å²) in [6.45, 7) is 8.05. The summed E-state index contributed by atoms with van der Waals surface area (Å²) >= 11 is 6.46. The van der Waals surface area contributed by atoms with Crippen molar-refractivity contribution in [2.45, 2.75) is 24.5 Å². The second-order valence-corrected chi connectivity index (χ2v) is 10.1. The van der Waals surface area contributed by atoms with Gasteiger partial charge in [0.1, 0.15) is 4.21 Å². The van der Waals surface area contributed by atoms with E-state index in [1.54, 1.807) is 30.8 Å². The molecule has 3 aromatic rings. The molecule has 0 aliphatic rings. The summed E-state index contributed by atoms with van der Waals surface area (Å²) in [7, 11) is 0. The van der Waals surface area contributed by atoms with Crippen LogP contribution < -0.4 is 28.5 Å². The fraction of sp³-hybridized carbons (Fsp3) is 0.208. The number of rotatable bonds is 9. The van der Waals surface area contributed by atoms with Gasteiger partial charge in [-0.1, -0.05) is 34.1 Å². The lowest BCUT2D eigenvalue weighted by molar-refractivity contribution is -0.598. The maximum atomic E-state index is 13.5. The van der Waals surface area contributed by atoms with Gasteiger partial charge in [-0.25, -0.2) is 0 Å². The molecular formula is C24H23BrINO3S2. The number of ketones is 1. The molecule has 0 saturated carbocycles. The minimum atomic E-state index is -0.348. The Morgan fingerprint density at radius 1 is 1.16 bits per heavy atom. The average molecular weight is 644 g/mol. The molecule has 32 heavy (non-hydrogen) atoms. The van der Waals surface area contributed by atoms with Crippen molar-refractivity contribution >= 4 is 50.8 Å². The molecule has 0 unspecified atom stereocenters. The number of carbonyl (C=O) groups is 2. The van der Waals surface area contributed by atoms with Crippen LogP contribution in [0, 0.1) is 0 Å². The first-order valence-electron chi connectivity index (χ1n) is 9.76. The molecule has 0 atom stereocenters. The summed E-state index contributed by atoms with van der Waals surface area (Å²) in [4.78, 5) is 26.5. The first-order chi connectivity index (χ1) is 14.9. The van der Waals surface area contributed by atoms with E-state index in [4.69, 9.17) is 4.74 Å². The number of benzene rings is 1. The first kappa shape index (κ1) is 26.8. The summed E-state index contributed by atoms with van der Waals surface area (Å²) in [5.74, 6) is 0.280. The molecule has 4 nitrogen and oxygen atoms in total. The number of halogens is 2. The fourth-order valence-corrected chi connectivity index (χ4v) is 5.65. The molecule has 3 rings (SSSR count). The molecule has 0 aliphatic heterocycles. The van der Waals surface area contributed by atoms with Gasteiger partial charge in [-0.3, -0.25) is 9.59 Å². The highest BCUT2D eigenvalue weighted by Crippen LogP contribution is 2.39. The van der Waals surface area contributed by atoms with Crippen molar-refractivity contribution in [3.8, 4) is 5.69 Å². The molecule has 0 radical (unpaired) electrons. The molecule has 0 bridgehead atoms. The van der Waals surface area contributed by atoms with E-state index in [0.717, 1.165) is 25.7 Å². The zero-order chi connectivity index (χ0) is 22.4. The van der Waals surface area contributed by atoms with Gasteiger partial charge in [0.05, 0.1) is 23.5 Å². The monoisotopic (exact) mass is 643 g/mol. The van der Waals surface area contributed by atoms with Crippen LogP contribution in [0.5, 0.6) is 0 Å². The molecule has 1 aromatic carbocycles. The Hall–Kier alpha value is -1.49. The van der Waals surface area contributed by atoms with E-state index >= 15 is 0 Å². The van der Waals surface area contributed by atoms with E-state index < -0.39 is 0 Å². The van der Waals surface area contributed by atoms with Crippen molar-refractivity contribution in [3.63, 3.8) is 0 Å². The summed E-state index contributed by atoms with van der Waals surface area (Å²) in [6, 6.07) is 13.0. The number of esters is 1. The number of carbonyl (C=O) groups excluding carboxylic acids is 2. The van der Waals surface area contributed by atoms with Gasteiger partial charge in [-0.2, -0.15) is 4.57 Å². The standard InChI is InChI=1S/C24H23BrNO3S2.HI/c1-4-29-20(27)14-19-21(26-12-6-5-7-13-26)24(30-15-16(2)3)31-23(19)22(28)17-8-10-18(25)11-9-17;/h5-13H,2,4,14-15H2,1,3H3;1H/q+1;/p-1. The van der Waals surface area contributed by atoms with Crippen LogP contribution in [0.25, 0.3) is 5.69 Å². The minimum Gasteiger partial charge on any atom is -1.00 e. The van der Waals surface area contributed by atoms with Crippen LogP contribution in [0.1, 0.15) is 34.6 Å². The highest BCUT2D eigenvalue weighted by Gasteiger charge is 2.31. The summed E-state index contributed by atoms with van der Waals surface area (Å²) < 4.78 is 9.06. The maximum Gasteiger partial charge on any atom is 0.310 e. The topological polar surface area (TPSA) is 47.3 Å². The Kier molecular flexibility index (Phi) is 10.6. The van der Waals surface area contributed by atoms with Gasteiger partial charge < -0.3 is 28.7 Å². The lowest BCUT2D eigenvalue weighted by Crippen LogP contribution is -3.00. The predicted octanol–water partition coefficient (Wildman–Crippen LogP) is 2.80. The largest absolute Gasteiger partial charge is 1.00 e.